The number of aliphatic hydroxyl groups is 1. The summed E-state index contributed by atoms with van der Waals surface area (Å²) in [5, 5.41) is 13.8. The lowest BCUT2D eigenvalue weighted by molar-refractivity contribution is 0.0842. The van der Waals surface area contributed by atoms with Gasteiger partial charge in [-0.3, -0.25) is 0 Å². The minimum Gasteiger partial charge on any atom is -0.494 e. The molecular weight excluding hydrogens is 252 g/mol. The molecule has 2 unspecified atom stereocenters. The first-order valence-electron chi connectivity index (χ1n) is 7.54. The van der Waals surface area contributed by atoms with Gasteiger partial charge in [-0.2, -0.15) is 0 Å². The largest absolute Gasteiger partial charge is 0.494 e. The topological polar surface area (TPSA) is 44.7 Å². The monoisotopic (exact) mass is 278 g/mol. The lowest BCUT2D eigenvalue weighted by atomic mass is 9.96. The molecule has 1 aromatic carbocycles. The van der Waals surface area contributed by atoms with E-state index in [0.29, 0.717) is 6.61 Å². The second-order valence-corrected chi connectivity index (χ2v) is 5.47. The zero-order valence-electron chi connectivity index (χ0n) is 12.5. The van der Waals surface area contributed by atoms with E-state index >= 15 is 0 Å². The van der Waals surface area contributed by atoms with Crippen molar-refractivity contribution in [2.75, 3.05) is 39.3 Å². The maximum Gasteiger partial charge on any atom is 0.119 e. The zero-order chi connectivity index (χ0) is 14.4. The van der Waals surface area contributed by atoms with Gasteiger partial charge in [0.05, 0.1) is 12.7 Å². The predicted molar refractivity (Wildman–Crippen MR) is 81.0 cm³/mol. The Morgan fingerprint density at radius 3 is 2.50 bits per heavy atom. The number of aliphatic hydroxyl groups excluding tert-OH is 1. The Hall–Kier alpha value is -1.10. The zero-order valence-corrected chi connectivity index (χ0v) is 12.5. The number of hydrogen-bond donors (Lipinski definition) is 2. The second-order valence-electron chi connectivity index (χ2n) is 5.47. The van der Waals surface area contributed by atoms with Gasteiger partial charge in [0.15, 0.2) is 0 Å². The summed E-state index contributed by atoms with van der Waals surface area (Å²) in [6.45, 7) is 9.93. The molecule has 112 valence electrons. The highest BCUT2D eigenvalue weighted by atomic mass is 16.5. The molecule has 0 spiro atoms. The van der Waals surface area contributed by atoms with Gasteiger partial charge in [0.2, 0.25) is 0 Å². The van der Waals surface area contributed by atoms with Gasteiger partial charge in [-0.05, 0) is 30.5 Å². The minimum atomic E-state index is -0.416. The van der Waals surface area contributed by atoms with Crippen LogP contribution in [0.2, 0.25) is 0 Å². The fourth-order valence-electron chi connectivity index (χ4n) is 2.66. The van der Waals surface area contributed by atoms with E-state index in [-0.39, 0.29) is 5.92 Å². The average molecular weight is 278 g/mol. The van der Waals surface area contributed by atoms with Crippen LogP contribution in [0, 0.1) is 5.92 Å². The number of rotatable bonds is 6. The van der Waals surface area contributed by atoms with Crippen molar-refractivity contribution in [3.8, 4) is 5.75 Å². The molecule has 1 fully saturated rings. The molecule has 0 bridgehead atoms. The average Bonchev–Trinajstić information content (AvgIpc) is 2.48. The summed E-state index contributed by atoms with van der Waals surface area (Å²) >= 11 is 0. The molecule has 1 aliphatic heterocycles. The number of hydrogen-bond acceptors (Lipinski definition) is 4. The quantitative estimate of drug-likeness (QED) is 0.831. The van der Waals surface area contributed by atoms with Crippen LogP contribution >= 0.6 is 0 Å². The molecule has 1 aliphatic rings. The van der Waals surface area contributed by atoms with Crippen molar-refractivity contribution >= 4 is 0 Å². The molecule has 2 atom stereocenters. The molecule has 20 heavy (non-hydrogen) atoms. The van der Waals surface area contributed by atoms with Crippen molar-refractivity contribution in [3.63, 3.8) is 0 Å². The smallest absolute Gasteiger partial charge is 0.119 e. The number of nitrogens with zero attached hydrogens (tertiary/aromatic N) is 1. The summed E-state index contributed by atoms with van der Waals surface area (Å²) in [5.74, 6) is 1.09. The molecule has 1 saturated heterocycles. The lowest BCUT2D eigenvalue weighted by Gasteiger charge is -2.31. The summed E-state index contributed by atoms with van der Waals surface area (Å²) in [5.41, 5.74) is 0.969. The van der Waals surface area contributed by atoms with Crippen molar-refractivity contribution in [3.05, 3.63) is 29.8 Å². The van der Waals surface area contributed by atoms with Crippen LogP contribution in [0.25, 0.3) is 0 Å². The molecule has 0 aliphatic carbocycles. The fourth-order valence-corrected chi connectivity index (χ4v) is 2.66. The SMILES string of the molecule is CCOc1ccc(C(O)C(C)CN2CCNCC2)cc1. The Kier molecular flexibility index (Phi) is 5.83. The molecule has 0 amide bonds. The third-order valence-electron chi connectivity index (χ3n) is 3.83. The highest BCUT2D eigenvalue weighted by molar-refractivity contribution is 5.28. The van der Waals surface area contributed by atoms with Crippen molar-refractivity contribution in [2.45, 2.75) is 20.0 Å². The van der Waals surface area contributed by atoms with Crippen molar-refractivity contribution in [1.29, 1.82) is 0 Å². The Bertz CT molecular complexity index is 388. The summed E-state index contributed by atoms with van der Waals surface area (Å²) < 4.78 is 5.43. The normalized spacial score (nSPS) is 19.6. The first-order valence-corrected chi connectivity index (χ1v) is 7.54. The number of piperazine rings is 1. The van der Waals surface area contributed by atoms with Crippen molar-refractivity contribution < 1.29 is 9.84 Å². The maximum absolute atomic E-state index is 10.5. The first-order chi connectivity index (χ1) is 9.70. The van der Waals surface area contributed by atoms with Gasteiger partial charge in [0.1, 0.15) is 5.75 Å². The van der Waals surface area contributed by atoms with Crippen LogP contribution in [0.3, 0.4) is 0 Å². The molecule has 0 radical (unpaired) electrons. The predicted octanol–water partition coefficient (Wildman–Crippen LogP) is 1.66. The van der Waals surface area contributed by atoms with Crippen LogP contribution in [0.5, 0.6) is 5.75 Å². The van der Waals surface area contributed by atoms with Crippen LogP contribution < -0.4 is 10.1 Å². The molecule has 4 heteroatoms. The highest BCUT2D eigenvalue weighted by Gasteiger charge is 2.20. The molecule has 0 aromatic heterocycles. The Morgan fingerprint density at radius 1 is 1.25 bits per heavy atom. The number of nitrogens with one attached hydrogen (secondary N) is 1. The number of benzene rings is 1. The molecule has 1 heterocycles. The van der Waals surface area contributed by atoms with Gasteiger partial charge in [-0.15, -0.1) is 0 Å². The molecule has 0 saturated carbocycles. The molecule has 1 aromatic rings. The van der Waals surface area contributed by atoms with Crippen molar-refractivity contribution in [2.24, 2.45) is 5.92 Å². The van der Waals surface area contributed by atoms with E-state index in [4.69, 9.17) is 4.74 Å². The first kappa shape index (κ1) is 15.3. The van der Waals surface area contributed by atoms with Crippen LogP contribution in [-0.2, 0) is 0 Å². The van der Waals surface area contributed by atoms with E-state index in [1.54, 1.807) is 0 Å². The molecule has 2 rings (SSSR count). The Morgan fingerprint density at radius 2 is 1.90 bits per heavy atom. The van der Waals surface area contributed by atoms with E-state index in [1.165, 1.54) is 0 Å². The van der Waals surface area contributed by atoms with Gasteiger partial charge in [-0.1, -0.05) is 19.1 Å². The van der Waals surface area contributed by atoms with E-state index in [9.17, 15) is 5.11 Å². The Labute approximate surface area is 121 Å². The molecule has 4 nitrogen and oxygen atoms in total. The van der Waals surface area contributed by atoms with Gasteiger partial charge in [0, 0.05) is 32.7 Å². The fraction of sp³-hybridized carbons (Fsp3) is 0.625. The Balaban J connectivity index is 1.89. The van der Waals surface area contributed by atoms with E-state index in [0.717, 1.165) is 44.0 Å². The number of ether oxygens (including phenoxy) is 1. The molecule has 2 N–H and O–H groups in total. The summed E-state index contributed by atoms with van der Waals surface area (Å²) in [4.78, 5) is 2.42. The van der Waals surface area contributed by atoms with Gasteiger partial charge >= 0.3 is 0 Å². The third kappa shape index (κ3) is 4.20. The van der Waals surface area contributed by atoms with Crippen LogP contribution in [0.15, 0.2) is 24.3 Å². The van der Waals surface area contributed by atoms with Gasteiger partial charge in [-0.25, -0.2) is 0 Å². The minimum absolute atomic E-state index is 0.228. The van der Waals surface area contributed by atoms with Crippen LogP contribution in [-0.4, -0.2) is 49.3 Å². The standard InChI is InChI=1S/C16H26N2O2/c1-3-20-15-6-4-14(5-7-15)16(19)13(2)12-18-10-8-17-9-11-18/h4-7,13,16-17,19H,3,8-12H2,1-2H3. The molecular formula is C16H26N2O2. The van der Waals surface area contributed by atoms with E-state index < -0.39 is 6.10 Å². The summed E-state index contributed by atoms with van der Waals surface area (Å²) in [6.07, 6.45) is -0.416. The summed E-state index contributed by atoms with van der Waals surface area (Å²) in [6, 6.07) is 7.78. The van der Waals surface area contributed by atoms with E-state index in [2.05, 4.69) is 17.1 Å². The van der Waals surface area contributed by atoms with Gasteiger partial charge in [0.25, 0.3) is 0 Å². The van der Waals surface area contributed by atoms with Gasteiger partial charge < -0.3 is 20.1 Å². The lowest BCUT2D eigenvalue weighted by Crippen LogP contribution is -2.45. The maximum atomic E-state index is 10.5. The third-order valence-corrected chi connectivity index (χ3v) is 3.83. The summed E-state index contributed by atoms with van der Waals surface area (Å²) in [7, 11) is 0. The highest BCUT2D eigenvalue weighted by Crippen LogP contribution is 2.24. The second kappa shape index (κ2) is 7.62. The van der Waals surface area contributed by atoms with Crippen LogP contribution in [0.4, 0.5) is 0 Å². The van der Waals surface area contributed by atoms with Crippen molar-refractivity contribution in [1.82, 2.24) is 10.2 Å². The van der Waals surface area contributed by atoms with E-state index in [1.807, 2.05) is 31.2 Å². The van der Waals surface area contributed by atoms with Crippen LogP contribution in [0.1, 0.15) is 25.5 Å².